The molecule has 0 aliphatic rings. The van der Waals surface area contributed by atoms with Crippen molar-refractivity contribution >= 4 is 17.8 Å². The Morgan fingerprint density at radius 2 is 1.47 bits per heavy atom. The van der Waals surface area contributed by atoms with E-state index in [1.807, 2.05) is 6.92 Å². The minimum absolute atomic E-state index is 0.0234. The minimum atomic E-state index is -4.54. The van der Waals surface area contributed by atoms with Gasteiger partial charge >= 0.3 is 18.2 Å². The number of amides is 1. The fourth-order valence-electron chi connectivity index (χ4n) is 3.40. The van der Waals surface area contributed by atoms with Crippen molar-refractivity contribution in [3.63, 3.8) is 0 Å². The third kappa shape index (κ3) is 7.60. The summed E-state index contributed by atoms with van der Waals surface area (Å²) in [5.41, 5.74) is -0.664. The number of alkyl halides is 3. The first kappa shape index (κ1) is 26.9. The average Bonchev–Trinajstić information content (AvgIpc) is 2.74. The molecule has 2 aromatic rings. The number of carboxylic acids is 1. The Morgan fingerprint density at radius 1 is 0.941 bits per heavy atom. The van der Waals surface area contributed by atoms with Crippen molar-refractivity contribution in [1.82, 2.24) is 5.32 Å². The second kappa shape index (κ2) is 10.7. The number of hydrogen-bond donors (Lipinski definition) is 2. The smallest absolute Gasteiger partial charge is 0.416 e. The molecule has 0 bridgehead atoms. The first-order valence-electron chi connectivity index (χ1n) is 10.7. The fourth-order valence-corrected chi connectivity index (χ4v) is 3.40. The SMILES string of the molecule is CC[C@@H](CC(=O)C(NC(=O)OC(C)(C)C)c1ccc(C(F)(F)F)cc1)c1ccc(C(=O)O)cc1. The molecule has 0 aliphatic carbocycles. The van der Waals surface area contributed by atoms with Crippen molar-refractivity contribution in [3.05, 3.63) is 70.8 Å². The number of ketones is 1. The number of carbonyl (C=O) groups excluding carboxylic acids is 2. The Bertz CT molecular complexity index is 1010. The molecule has 0 aliphatic heterocycles. The van der Waals surface area contributed by atoms with Crippen LogP contribution in [0.3, 0.4) is 0 Å². The van der Waals surface area contributed by atoms with Gasteiger partial charge < -0.3 is 15.2 Å². The number of rotatable bonds is 8. The second-order valence-electron chi connectivity index (χ2n) is 8.90. The number of hydrogen-bond acceptors (Lipinski definition) is 4. The van der Waals surface area contributed by atoms with Gasteiger partial charge in [-0.05, 0) is 68.5 Å². The molecular formula is C25H28F3NO5. The van der Waals surface area contributed by atoms with Crippen LogP contribution < -0.4 is 5.32 Å². The molecule has 1 unspecified atom stereocenters. The van der Waals surface area contributed by atoms with Crippen LogP contribution in [0.4, 0.5) is 18.0 Å². The Labute approximate surface area is 196 Å². The summed E-state index contributed by atoms with van der Waals surface area (Å²) < 4.78 is 44.1. The number of carbonyl (C=O) groups is 3. The highest BCUT2D eigenvalue weighted by molar-refractivity contribution is 5.89. The highest BCUT2D eigenvalue weighted by atomic mass is 19.4. The van der Waals surface area contributed by atoms with Gasteiger partial charge in [0, 0.05) is 6.42 Å². The van der Waals surface area contributed by atoms with Gasteiger partial charge in [-0.25, -0.2) is 9.59 Å². The van der Waals surface area contributed by atoms with Crippen molar-refractivity contribution in [1.29, 1.82) is 0 Å². The lowest BCUT2D eigenvalue weighted by Gasteiger charge is -2.25. The summed E-state index contributed by atoms with van der Waals surface area (Å²) in [4.78, 5) is 36.7. The van der Waals surface area contributed by atoms with E-state index in [2.05, 4.69) is 5.32 Å². The van der Waals surface area contributed by atoms with E-state index in [1.54, 1.807) is 32.9 Å². The Hall–Kier alpha value is -3.36. The van der Waals surface area contributed by atoms with Crippen LogP contribution in [0, 0.1) is 0 Å². The Balaban J connectivity index is 2.31. The maximum atomic E-state index is 13.3. The van der Waals surface area contributed by atoms with E-state index in [9.17, 15) is 27.6 Å². The maximum Gasteiger partial charge on any atom is 0.416 e. The summed E-state index contributed by atoms with van der Waals surface area (Å²) in [6, 6.07) is 8.94. The molecular weight excluding hydrogens is 451 g/mol. The number of alkyl carbamates (subject to hydrolysis) is 1. The van der Waals surface area contributed by atoms with Gasteiger partial charge in [0.15, 0.2) is 5.78 Å². The summed E-state index contributed by atoms with van der Waals surface area (Å²) in [6.07, 6.45) is -4.88. The van der Waals surface area contributed by atoms with Gasteiger partial charge in [-0.15, -0.1) is 0 Å². The zero-order valence-electron chi connectivity index (χ0n) is 19.4. The number of benzene rings is 2. The molecule has 0 fully saturated rings. The van der Waals surface area contributed by atoms with Crippen molar-refractivity contribution in [2.45, 2.75) is 64.3 Å². The lowest BCUT2D eigenvalue weighted by molar-refractivity contribution is -0.137. The third-order valence-electron chi connectivity index (χ3n) is 5.12. The number of aromatic carboxylic acids is 1. The van der Waals surface area contributed by atoms with E-state index in [1.165, 1.54) is 12.1 Å². The van der Waals surface area contributed by atoms with Crippen molar-refractivity contribution in [2.75, 3.05) is 0 Å². The normalized spacial score (nSPS) is 13.6. The molecule has 9 heteroatoms. The third-order valence-corrected chi connectivity index (χ3v) is 5.12. The van der Waals surface area contributed by atoms with Crippen LogP contribution in [0.25, 0.3) is 0 Å². The summed E-state index contributed by atoms with van der Waals surface area (Å²) in [6.45, 7) is 6.80. The Kier molecular flexibility index (Phi) is 8.47. The summed E-state index contributed by atoms with van der Waals surface area (Å²) in [7, 11) is 0. The standard InChI is InChI=1S/C25H28F3NO5/c1-5-15(16-6-8-18(9-7-16)22(31)32)14-20(30)21(29-23(33)34-24(2,3)4)17-10-12-19(13-11-17)25(26,27)28/h6-13,15,21H,5,14H2,1-4H3,(H,29,33)(H,31,32)/t15-,21?/m0/s1. The highest BCUT2D eigenvalue weighted by Gasteiger charge is 2.32. The van der Waals surface area contributed by atoms with Gasteiger partial charge in [0.1, 0.15) is 11.6 Å². The first-order valence-corrected chi connectivity index (χ1v) is 10.7. The molecule has 2 rings (SSSR count). The molecule has 34 heavy (non-hydrogen) atoms. The van der Waals surface area contributed by atoms with E-state index >= 15 is 0 Å². The Morgan fingerprint density at radius 3 is 1.91 bits per heavy atom. The van der Waals surface area contributed by atoms with Crippen LogP contribution in [0.2, 0.25) is 0 Å². The summed E-state index contributed by atoms with van der Waals surface area (Å²) >= 11 is 0. The maximum absolute atomic E-state index is 13.3. The largest absolute Gasteiger partial charge is 0.478 e. The highest BCUT2D eigenvalue weighted by Crippen LogP contribution is 2.32. The van der Waals surface area contributed by atoms with Crippen LogP contribution in [-0.4, -0.2) is 28.6 Å². The molecule has 1 amide bonds. The van der Waals surface area contributed by atoms with Crippen molar-refractivity contribution < 1.29 is 37.4 Å². The van der Waals surface area contributed by atoms with Crippen LogP contribution in [0.5, 0.6) is 0 Å². The minimum Gasteiger partial charge on any atom is -0.478 e. The van der Waals surface area contributed by atoms with Gasteiger partial charge in [0.2, 0.25) is 0 Å². The zero-order valence-corrected chi connectivity index (χ0v) is 19.4. The molecule has 6 nitrogen and oxygen atoms in total. The number of carboxylic acid groups (broad SMARTS) is 1. The molecule has 2 aromatic carbocycles. The van der Waals surface area contributed by atoms with Gasteiger partial charge in [0.25, 0.3) is 0 Å². The van der Waals surface area contributed by atoms with E-state index in [4.69, 9.17) is 9.84 Å². The summed E-state index contributed by atoms with van der Waals surface area (Å²) in [5.74, 6) is -1.77. The van der Waals surface area contributed by atoms with E-state index < -0.39 is 41.2 Å². The van der Waals surface area contributed by atoms with Crippen LogP contribution >= 0.6 is 0 Å². The summed E-state index contributed by atoms with van der Waals surface area (Å²) in [5, 5.41) is 11.6. The number of ether oxygens (including phenoxy) is 1. The first-order chi connectivity index (χ1) is 15.7. The monoisotopic (exact) mass is 479 g/mol. The predicted octanol–water partition coefficient (Wildman–Crippen LogP) is 6.12. The molecule has 2 atom stereocenters. The molecule has 0 aromatic heterocycles. The number of Topliss-reactive ketones (excluding diaryl/α,β-unsaturated/α-hetero) is 1. The van der Waals surface area contributed by atoms with Gasteiger partial charge in [-0.2, -0.15) is 13.2 Å². The fraction of sp³-hybridized carbons (Fsp3) is 0.400. The number of nitrogens with one attached hydrogen (secondary N) is 1. The van der Waals surface area contributed by atoms with Gasteiger partial charge in [-0.3, -0.25) is 4.79 Å². The molecule has 2 N–H and O–H groups in total. The molecule has 184 valence electrons. The van der Waals surface area contributed by atoms with Gasteiger partial charge in [-0.1, -0.05) is 31.2 Å². The number of halogens is 3. The van der Waals surface area contributed by atoms with Crippen molar-refractivity contribution in [3.8, 4) is 0 Å². The van der Waals surface area contributed by atoms with Gasteiger partial charge in [0.05, 0.1) is 11.1 Å². The van der Waals surface area contributed by atoms with Crippen LogP contribution in [-0.2, 0) is 15.7 Å². The van der Waals surface area contributed by atoms with Crippen LogP contribution in [0.1, 0.15) is 79.5 Å². The average molecular weight is 479 g/mol. The topological polar surface area (TPSA) is 92.7 Å². The molecule has 0 heterocycles. The van der Waals surface area contributed by atoms with E-state index in [0.29, 0.717) is 6.42 Å². The zero-order chi connectivity index (χ0) is 25.7. The molecule has 0 saturated carbocycles. The van der Waals surface area contributed by atoms with Crippen molar-refractivity contribution in [2.24, 2.45) is 0 Å². The lowest BCUT2D eigenvalue weighted by atomic mass is 9.87. The van der Waals surface area contributed by atoms with E-state index in [-0.39, 0.29) is 23.5 Å². The second-order valence-corrected chi connectivity index (χ2v) is 8.90. The quantitative estimate of drug-likeness (QED) is 0.476. The van der Waals surface area contributed by atoms with E-state index in [0.717, 1.165) is 29.8 Å². The predicted molar refractivity (Wildman–Crippen MR) is 120 cm³/mol. The molecule has 0 saturated heterocycles. The van der Waals surface area contributed by atoms with Crippen LogP contribution in [0.15, 0.2) is 48.5 Å². The lowest BCUT2D eigenvalue weighted by Crippen LogP contribution is -2.38. The molecule has 0 spiro atoms. The molecule has 0 radical (unpaired) electrons.